The van der Waals surface area contributed by atoms with Crippen molar-refractivity contribution in [2.24, 2.45) is 4.99 Å². The minimum absolute atomic E-state index is 0.316. The molecule has 24 heavy (non-hydrogen) atoms. The van der Waals surface area contributed by atoms with Gasteiger partial charge >= 0.3 is 0 Å². The Morgan fingerprint density at radius 1 is 1.38 bits per heavy atom. The molecule has 0 radical (unpaired) electrons. The lowest BCUT2D eigenvalue weighted by Gasteiger charge is -2.21. The fourth-order valence-electron chi connectivity index (χ4n) is 2.15. The fourth-order valence-corrected chi connectivity index (χ4v) is 3.80. The molecule has 2 aromatic heterocycles. The number of rotatable bonds is 8. The highest BCUT2D eigenvalue weighted by Crippen LogP contribution is 2.23. The molecule has 3 N–H and O–H groups in total. The van der Waals surface area contributed by atoms with Gasteiger partial charge in [-0.3, -0.25) is 0 Å². The summed E-state index contributed by atoms with van der Waals surface area (Å²) in [6.45, 7) is 7.83. The number of thiophene rings is 1. The SMILES string of the molecule is CCNC(=NCC(C)(O)c1ccsc1)NCCc1ncc(CC)s1. The molecule has 1 unspecified atom stereocenters. The molecule has 0 fully saturated rings. The highest BCUT2D eigenvalue weighted by molar-refractivity contribution is 7.11. The van der Waals surface area contributed by atoms with Crippen LogP contribution in [0.15, 0.2) is 28.0 Å². The van der Waals surface area contributed by atoms with Crippen LogP contribution < -0.4 is 10.6 Å². The second-order valence-electron chi connectivity index (χ2n) is 5.73. The van der Waals surface area contributed by atoms with Crippen LogP contribution in [-0.2, 0) is 18.4 Å². The van der Waals surface area contributed by atoms with E-state index in [-0.39, 0.29) is 0 Å². The molecule has 0 spiro atoms. The molecule has 0 aromatic carbocycles. The molecule has 0 saturated heterocycles. The van der Waals surface area contributed by atoms with Crippen LogP contribution >= 0.6 is 22.7 Å². The Balaban J connectivity index is 1.88. The average Bonchev–Trinajstić information content (AvgIpc) is 3.24. The van der Waals surface area contributed by atoms with E-state index in [9.17, 15) is 5.11 Å². The second-order valence-corrected chi connectivity index (χ2v) is 7.71. The summed E-state index contributed by atoms with van der Waals surface area (Å²) in [6.07, 6.45) is 3.86. The Morgan fingerprint density at radius 2 is 2.21 bits per heavy atom. The molecular weight excluding hydrogens is 340 g/mol. The molecule has 0 amide bonds. The highest BCUT2D eigenvalue weighted by atomic mass is 32.1. The number of aliphatic hydroxyl groups is 1. The topological polar surface area (TPSA) is 69.5 Å². The molecule has 5 nitrogen and oxygen atoms in total. The van der Waals surface area contributed by atoms with Crippen molar-refractivity contribution in [3.63, 3.8) is 0 Å². The van der Waals surface area contributed by atoms with E-state index in [1.165, 1.54) is 4.88 Å². The maximum atomic E-state index is 10.6. The zero-order valence-electron chi connectivity index (χ0n) is 14.5. The van der Waals surface area contributed by atoms with Gasteiger partial charge in [-0.25, -0.2) is 9.98 Å². The third-order valence-electron chi connectivity index (χ3n) is 3.61. The van der Waals surface area contributed by atoms with Crippen LogP contribution in [0.5, 0.6) is 0 Å². The minimum Gasteiger partial charge on any atom is -0.383 e. The zero-order valence-corrected chi connectivity index (χ0v) is 16.1. The number of nitrogens with zero attached hydrogens (tertiary/aromatic N) is 2. The van der Waals surface area contributed by atoms with Crippen LogP contribution in [0.3, 0.4) is 0 Å². The van der Waals surface area contributed by atoms with Gasteiger partial charge in [0.2, 0.25) is 0 Å². The quantitative estimate of drug-likeness (QED) is 0.496. The van der Waals surface area contributed by atoms with Crippen LogP contribution in [0.4, 0.5) is 0 Å². The van der Waals surface area contributed by atoms with Gasteiger partial charge in [-0.1, -0.05) is 6.92 Å². The van der Waals surface area contributed by atoms with E-state index in [0.29, 0.717) is 6.54 Å². The summed E-state index contributed by atoms with van der Waals surface area (Å²) >= 11 is 3.34. The van der Waals surface area contributed by atoms with Crippen molar-refractivity contribution in [1.82, 2.24) is 15.6 Å². The van der Waals surface area contributed by atoms with Gasteiger partial charge in [-0.2, -0.15) is 11.3 Å². The summed E-state index contributed by atoms with van der Waals surface area (Å²) in [6, 6.07) is 1.94. The smallest absolute Gasteiger partial charge is 0.191 e. The highest BCUT2D eigenvalue weighted by Gasteiger charge is 2.23. The summed E-state index contributed by atoms with van der Waals surface area (Å²) in [5.41, 5.74) is -0.0461. The normalized spacial score (nSPS) is 14.4. The van der Waals surface area contributed by atoms with Crippen LogP contribution in [0.2, 0.25) is 0 Å². The number of nitrogens with one attached hydrogen (secondary N) is 2. The summed E-state index contributed by atoms with van der Waals surface area (Å²) < 4.78 is 0. The van der Waals surface area contributed by atoms with E-state index < -0.39 is 5.60 Å². The Hall–Kier alpha value is -1.44. The summed E-state index contributed by atoms with van der Waals surface area (Å²) in [7, 11) is 0. The maximum absolute atomic E-state index is 10.6. The molecular formula is C17H26N4OS2. The van der Waals surface area contributed by atoms with Crippen molar-refractivity contribution in [3.05, 3.63) is 38.5 Å². The Bertz CT molecular complexity index is 635. The number of aromatic nitrogens is 1. The first-order valence-corrected chi connectivity index (χ1v) is 10.0. The largest absolute Gasteiger partial charge is 0.383 e. The van der Waals surface area contributed by atoms with Crippen molar-refractivity contribution < 1.29 is 5.11 Å². The van der Waals surface area contributed by atoms with E-state index in [1.54, 1.807) is 29.6 Å². The van der Waals surface area contributed by atoms with Crippen molar-refractivity contribution >= 4 is 28.6 Å². The van der Waals surface area contributed by atoms with Crippen molar-refractivity contribution in [2.45, 2.75) is 39.2 Å². The van der Waals surface area contributed by atoms with Crippen LogP contribution in [0, 0.1) is 0 Å². The third kappa shape index (κ3) is 5.58. The van der Waals surface area contributed by atoms with E-state index >= 15 is 0 Å². The van der Waals surface area contributed by atoms with E-state index in [1.807, 2.05) is 29.9 Å². The zero-order chi connectivity index (χ0) is 17.4. The molecule has 2 aromatic rings. The van der Waals surface area contributed by atoms with Gasteiger partial charge in [0, 0.05) is 30.6 Å². The number of aryl methyl sites for hydroxylation is 1. The van der Waals surface area contributed by atoms with Gasteiger partial charge in [0.1, 0.15) is 5.60 Å². The molecule has 0 bridgehead atoms. The van der Waals surface area contributed by atoms with Gasteiger partial charge in [-0.05, 0) is 42.7 Å². The summed E-state index contributed by atoms with van der Waals surface area (Å²) in [5, 5.41) is 22.2. The van der Waals surface area contributed by atoms with Crippen LogP contribution in [0.25, 0.3) is 0 Å². The maximum Gasteiger partial charge on any atom is 0.191 e. The van der Waals surface area contributed by atoms with Crippen molar-refractivity contribution in [1.29, 1.82) is 0 Å². The Kier molecular flexibility index (Phi) is 7.20. The summed E-state index contributed by atoms with van der Waals surface area (Å²) in [5.74, 6) is 0.722. The van der Waals surface area contributed by atoms with Crippen molar-refractivity contribution in [2.75, 3.05) is 19.6 Å². The molecule has 132 valence electrons. The van der Waals surface area contributed by atoms with E-state index in [4.69, 9.17) is 0 Å². The number of hydrogen-bond donors (Lipinski definition) is 3. The first-order chi connectivity index (χ1) is 11.5. The van der Waals surface area contributed by atoms with Gasteiger partial charge in [0.25, 0.3) is 0 Å². The van der Waals surface area contributed by atoms with Crippen molar-refractivity contribution in [3.8, 4) is 0 Å². The Labute approximate surface area is 151 Å². The molecule has 1 atom stereocenters. The predicted molar refractivity (Wildman–Crippen MR) is 103 cm³/mol. The molecule has 0 aliphatic rings. The average molecular weight is 367 g/mol. The van der Waals surface area contributed by atoms with Gasteiger partial charge < -0.3 is 15.7 Å². The predicted octanol–water partition coefficient (Wildman–Crippen LogP) is 2.77. The van der Waals surface area contributed by atoms with Crippen LogP contribution in [0.1, 0.15) is 36.2 Å². The number of guanidine groups is 1. The second kappa shape index (κ2) is 9.15. The number of thiazole rings is 1. The molecule has 2 heterocycles. The van der Waals surface area contributed by atoms with E-state index in [2.05, 4.69) is 27.5 Å². The lowest BCUT2D eigenvalue weighted by atomic mass is 10.00. The standard InChI is InChI=1S/C17H26N4OS2/c1-4-14-10-20-15(24-14)6-8-19-16(18-5-2)21-12-17(3,22)13-7-9-23-11-13/h7,9-11,22H,4-6,8,12H2,1-3H3,(H2,18,19,21). The number of aliphatic imine (C=N–C) groups is 1. The first kappa shape index (κ1) is 18.9. The molecule has 0 saturated carbocycles. The Morgan fingerprint density at radius 3 is 2.83 bits per heavy atom. The van der Waals surface area contributed by atoms with E-state index in [0.717, 1.165) is 42.5 Å². The minimum atomic E-state index is -0.951. The molecule has 7 heteroatoms. The van der Waals surface area contributed by atoms with Gasteiger partial charge in [-0.15, -0.1) is 11.3 Å². The fraction of sp³-hybridized carbons (Fsp3) is 0.529. The molecule has 2 rings (SSSR count). The molecule has 0 aliphatic carbocycles. The summed E-state index contributed by atoms with van der Waals surface area (Å²) in [4.78, 5) is 10.3. The van der Waals surface area contributed by atoms with Crippen LogP contribution in [-0.4, -0.2) is 35.7 Å². The number of hydrogen-bond acceptors (Lipinski definition) is 5. The van der Waals surface area contributed by atoms with Gasteiger partial charge in [0.05, 0.1) is 11.6 Å². The monoisotopic (exact) mass is 366 g/mol. The lowest BCUT2D eigenvalue weighted by Crippen LogP contribution is -2.39. The first-order valence-electron chi connectivity index (χ1n) is 8.26. The third-order valence-corrected chi connectivity index (χ3v) is 5.50. The molecule has 0 aliphatic heterocycles. The lowest BCUT2D eigenvalue weighted by molar-refractivity contribution is 0.0677. The van der Waals surface area contributed by atoms with Gasteiger partial charge in [0.15, 0.2) is 5.96 Å².